The normalized spacial score (nSPS) is 11.0. The van der Waals surface area contributed by atoms with Crippen LogP contribution in [0.4, 0.5) is 0 Å². The first kappa shape index (κ1) is 14.6. The Morgan fingerprint density at radius 1 is 1.18 bits per heavy atom. The molecule has 1 aromatic carbocycles. The van der Waals surface area contributed by atoms with E-state index in [1.807, 2.05) is 17.8 Å². The van der Waals surface area contributed by atoms with E-state index in [0.29, 0.717) is 5.92 Å². The number of rotatable bonds is 9. The molecule has 0 aromatic heterocycles. The first-order valence-electron chi connectivity index (χ1n) is 6.25. The van der Waals surface area contributed by atoms with Gasteiger partial charge in [-0.15, -0.1) is 11.8 Å². The van der Waals surface area contributed by atoms with Gasteiger partial charge in [-0.05, 0) is 18.1 Å². The number of benzene rings is 1. The Morgan fingerprint density at radius 3 is 2.65 bits per heavy atom. The van der Waals surface area contributed by atoms with Crippen LogP contribution < -0.4 is 5.32 Å². The molecule has 0 unspecified atom stereocenters. The molecule has 0 bridgehead atoms. The summed E-state index contributed by atoms with van der Waals surface area (Å²) in [5, 5.41) is 3.38. The highest BCUT2D eigenvalue weighted by atomic mass is 32.2. The molecule has 0 atom stereocenters. The molecule has 0 amide bonds. The summed E-state index contributed by atoms with van der Waals surface area (Å²) in [5.41, 5.74) is 0. The fourth-order valence-corrected chi connectivity index (χ4v) is 2.18. The van der Waals surface area contributed by atoms with Gasteiger partial charge in [-0.1, -0.05) is 32.0 Å². The zero-order valence-electron chi connectivity index (χ0n) is 10.8. The van der Waals surface area contributed by atoms with Gasteiger partial charge in [0.15, 0.2) is 0 Å². The summed E-state index contributed by atoms with van der Waals surface area (Å²) >= 11 is 1.89. The highest BCUT2D eigenvalue weighted by Gasteiger charge is 1.94. The van der Waals surface area contributed by atoms with Gasteiger partial charge in [-0.25, -0.2) is 0 Å². The maximum Gasteiger partial charge on any atom is 0.0591 e. The summed E-state index contributed by atoms with van der Waals surface area (Å²) in [6.07, 6.45) is 0. The van der Waals surface area contributed by atoms with Crippen LogP contribution in [-0.2, 0) is 4.74 Å². The standard InChI is InChI=1S/C14H23NOS/c1-13(2)12-16-10-8-15-9-11-17-14-6-4-3-5-7-14/h3-7,13,15H,8-12H2,1-2H3. The van der Waals surface area contributed by atoms with Crippen LogP contribution in [0.2, 0.25) is 0 Å². The SMILES string of the molecule is CC(C)COCCNCCSc1ccccc1. The average molecular weight is 253 g/mol. The third-order valence-corrected chi connectivity index (χ3v) is 3.18. The number of nitrogens with one attached hydrogen (secondary N) is 1. The molecule has 2 nitrogen and oxygen atoms in total. The Morgan fingerprint density at radius 2 is 1.94 bits per heavy atom. The summed E-state index contributed by atoms with van der Waals surface area (Å²) in [4.78, 5) is 1.34. The Balaban J connectivity index is 1.88. The topological polar surface area (TPSA) is 21.3 Å². The van der Waals surface area contributed by atoms with E-state index in [1.165, 1.54) is 4.90 Å². The van der Waals surface area contributed by atoms with Gasteiger partial charge in [0.25, 0.3) is 0 Å². The first-order valence-corrected chi connectivity index (χ1v) is 7.24. The predicted octanol–water partition coefficient (Wildman–Crippen LogP) is 3.04. The molecule has 0 aliphatic heterocycles. The van der Waals surface area contributed by atoms with Crippen LogP contribution in [0.15, 0.2) is 35.2 Å². The Kier molecular flexibility index (Phi) is 8.14. The molecule has 1 rings (SSSR count). The Labute approximate surface area is 109 Å². The minimum Gasteiger partial charge on any atom is -0.380 e. The van der Waals surface area contributed by atoms with E-state index in [0.717, 1.165) is 32.1 Å². The van der Waals surface area contributed by atoms with Crippen molar-refractivity contribution in [3.63, 3.8) is 0 Å². The van der Waals surface area contributed by atoms with Crippen LogP contribution >= 0.6 is 11.8 Å². The number of ether oxygens (including phenoxy) is 1. The van der Waals surface area contributed by atoms with Crippen molar-refractivity contribution in [2.45, 2.75) is 18.7 Å². The zero-order chi connectivity index (χ0) is 12.3. The molecular weight excluding hydrogens is 230 g/mol. The fraction of sp³-hybridized carbons (Fsp3) is 0.571. The van der Waals surface area contributed by atoms with Crippen molar-refractivity contribution in [2.24, 2.45) is 5.92 Å². The Bertz CT molecular complexity index is 277. The van der Waals surface area contributed by atoms with E-state index in [1.54, 1.807) is 0 Å². The second-order valence-electron chi connectivity index (χ2n) is 4.38. The summed E-state index contributed by atoms with van der Waals surface area (Å²) in [6, 6.07) is 10.5. The van der Waals surface area contributed by atoms with Crippen LogP contribution in [0.5, 0.6) is 0 Å². The van der Waals surface area contributed by atoms with Gasteiger partial charge in [0.1, 0.15) is 0 Å². The van der Waals surface area contributed by atoms with E-state index in [-0.39, 0.29) is 0 Å². The second kappa shape index (κ2) is 9.51. The zero-order valence-corrected chi connectivity index (χ0v) is 11.6. The number of thioether (sulfide) groups is 1. The monoisotopic (exact) mass is 253 g/mol. The lowest BCUT2D eigenvalue weighted by Gasteiger charge is -2.07. The van der Waals surface area contributed by atoms with Gasteiger partial charge in [-0.2, -0.15) is 0 Å². The molecule has 0 spiro atoms. The maximum absolute atomic E-state index is 5.49. The van der Waals surface area contributed by atoms with E-state index >= 15 is 0 Å². The predicted molar refractivity (Wildman–Crippen MR) is 75.7 cm³/mol. The third-order valence-electron chi connectivity index (χ3n) is 2.17. The fourth-order valence-electron chi connectivity index (χ4n) is 1.35. The van der Waals surface area contributed by atoms with Crippen molar-refractivity contribution in [1.29, 1.82) is 0 Å². The van der Waals surface area contributed by atoms with Crippen LogP contribution in [0.3, 0.4) is 0 Å². The van der Waals surface area contributed by atoms with Gasteiger partial charge >= 0.3 is 0 Å². The lowest BCUT2D eigenvalue weighted by Crippen LogP contribution is -2.22. The largest absolute Gasteiger partial charge is 0.380 e. The molecule has 0 fully saturated rings. The molecule has 0 heterocycles. The van der Waals surface area contributed by atoms with Gasteiger partial charge < -0.3 is 10.1 Å². The number of hydrogen-bond acceptors (Lipinski definition) is 3. The highest BCUT2D eigenvalue weighted by molar-refractivity contribution is 7.99. The van der Waals surface area contributed by atoms with Crippen LogP contribution in [0.1, 0.15) is 13.8 Å². The molecular formula is C14H23NOS. The molecule has 0 aliphatic rings. The van der Waals surface area contributed by atoms with Crippen molar-refractivity contribution in [1.82, 2.24) is 5.32 Å². The smallest absolute Gasteiger partial charge is 0.0591 e. The van der Waals surface area contributed by atoms with Gasteiger partial charge in [0.05, 0.1) is 6.61 Å². The summed E-state index contributed by atoms with van der Waals surface area (Å²) in [7, 11) is 0. The van der Waals surface area contributed by atoms with Crippen molar-refractivity contribution < 1.29 is 4.74 Å². The molecule has 3 heteroatoms. The summed E-state index contributed by atoms with van der Waals surface area (Å²) in [6.45, 7) is 8.00. The molecule has 0 saturated carbocycles. The van der Waals surface area contributed by atoms with E-state index in [9.17, 15) is 0 Å². The van der Waals surface area contributed by atoms with Crippen molar-refractivity contribution in [2.75, 3.05) is 32.1 Å². The minimum absolute atomic E-state index is 0.628. The molecule has 96 valence electrons. The molecule has 1 aromatic rings. The van der Waals surface area contributed by atoms with Crippen molar-refractivity contribution >= 4 is 11.8 Å². The number of hydrogen-bond donors (Lipinski definition) is 1. The minimum atomic E-state index is 0.628. The van der Waals surface area contributed by atoms with Crippen LogP contribution in [-0.4, -0.2) is 32.1 Å². The lowest BCUT2D eigenvalue weighted by atomic mass is 10.2. The molecule has 0 radical (unpaired) electrons. The Hall–Kier alpha value is -0.510. The first-order chi connectivity index (χ1) is 8.29. The van der Waals surface area contributed by atoms with Crippen molar-refractivity contribution in [3.8, 4) is 0 Å². The van der Waals surface area contributed by atoms with E-state index in [4.69, 9.17) is 4.74 Å². The molecule has 0 saturated heterocycles. The van der Waals surface area contributed by atoms with Gasteiger partial charge in [0, 0.05) is 30.3 Å². The van der Waals surface area contributed by atoms with Crippen LogP contribution in [0, 0.1) is 5.92 Å². The summed E-state index contributed by atoms with van der Waals surface area (Å²) in [5.74, 6) is 1.73. The third kappa shape index (κ3) is 8.25. The van der Waals surface area contributed by atoms with Gasteiger partial charge in [-0.3, -0.25) is 0 Å². The van der Waals surface area contributed by atoms with Crippen molar-refractivity contribution in [3.05, 3.63) is 30.3 Å². The molecule has 17 heavy (non-hydrogen) atoms. The summed E-state index contributed by atoms with van der Waals surface area (Å²) < 4.78 is 5.49. The molecule has 0 aliphatic carbocycles. The second-order valence-corrected chi connectivity index (χ2v) is 5.55. The van der Waals surface area contributed by atoms with E-state index < -0.39 is 0 Å². The molecule has 1 N–H and O–H groups in total. The quantitative estimate of drug-likeness (QED) is 0.540. The average Bonchev–Trinajstić information content (AvgIpc) is 2.33. The maximum atomic E-state index is 5.49. The van der Waals surface area contributed by atoms with E-state index in [2.05, 4.69) is 43.4 Å². The highest BCUT2D eigenvalue weighted by Crippen LogP contribution is 2.15. The van der Waals surface area contributed by atoms with Crippen LogP contribution in [0.25, 0.3) is 0 Å². The lowest BCUT2D eigenvalue weighted by molar-refractivity contribution is 0.112. The van der Waals surface area contributed by atoms with Gasteiger partial charge in [0.2, 0.25) is 0 Å².